The summed E-state index contributed by atoms with van der Waals surface area (Å²) in [6, 6.07) is 3.75. The zero-order valence-corrected chi connectivity index (χ0v) is 13.2. The lowest BCUT2D eigenvalue weighted by Crippen LogP contribution is -2.36. The van der Waals surface area contributed by atoms with E-state index in [4.69, 9.17) is 25.7 Å². The van der Waals surface area contributed by atoms with E-state index in [1.165, 1.54) is 6.20 Å². The molecule has 1 aliphatic heterocycles. The predicted octanol–water partition coefficient (Wildman–Crippen LogP) is 0.924. The van der Waals surface area contributed by atoms with E-state index >= 15 is 0 Å². The van der Waals surface area contributed by atoms with Crippen molar-refractivity contribution >= 4 is 11.5 Å². The van der Waals surface area contributed by atoms with Gasteiger partial charge in [-0.2, -0.15) is 4.98 Å². The molecule has 0 aliphatic carbocycles. The Kier molecular flexibility index (Phi) is 7.22. The van der Waals surface area contributed by atoms with Crippen LogP contribution in [0, 0.1) is 0 Å². The van der Waals surface area contributed by atoms with Gasteiger partial charge in [-0.3, -0.25) is 0 Å². The fourth-order valence-corrected chi connectivity index (χ4v) is 2.14. The molecular formula is C16H24N4O3. The molecule has 4 N–H and O–H groups in total. The van der Waals surface area contributed by atoms with Crippen molar-refractivity contribution in [2.75, 3.05) is 56.8 Å². The van der Waals surface area contributed by atoms with Gasteiger partial charge in [-0.05, 0) is 12.3 Å². The second-order valence-corrected chi connectivity index (χ2v) is 4.92. The Morgan fingerprint density at radius 1 is 1.22 bits per heavy atom. The quantitative estimate of drug-likeness (QED) is 0.543. The molecule has 1 aliphatic rings. The molecule has 0 bridgehead atoms. The van der Waals surface area contributed by atoms with Crippen LogP contribution in [0.25, 0.3) is 0 Å². The molecule has 0 atom stereocenters. The standard InChI is InChI=1S/C16H24N4O3/c17-4-2-1-3-7-21-10-11-23-16-13-14(12-15(18)19-16)20-5-8-22-9-6-20/h1-4,12-13H,5-11,17H2,(H2,18,19)/b3-1-,4-2-. The van der Waals surface area contributed by atoms with E-state index in [1.54, 1.807) is 6.08 Å². The number of nitrogens with zero attached hydrogens (tertiary/aromatic N) is 2. The maximum absolute atomic E-state index is 5.86. The number of anilines is 2. The average molecular weight is 320 g/mol. The first-order valence-corrected chi connectivity index (χ1v) is 7.64. The predicted molar refractivity (Wildman–Crippen MR) is 90.5 cm³/mol. The molecule has 1 saturated heterocycles. The lowest BCUT2D eigenvalue weighted by atomic mass is 10.3. The molecule has 2 rings (SSSR count). The Morgan fingerprint density at radius 2 is 2.04 bits per heavy atom. The third-order valence-corrected chi connectivity index (χ3v) is 3.23. The molecular weight excluding hydrogens is 296 g/mol. The van der Waals surface area contributed by atoms with E-state index in [1.807, 2.05) is 24.3 Å². The maximum Gasteiger partial charge on any atom is 0.217 e. The van der Waals surface area contributed by atoms with Gasteiger partial charge in [0, 0.05) is 30.9 Å². The molecule has 1 aromatic rings. The van der Waals surface area contributed by atoms with Crippen LogP contribution in [-0.4, -0.2) is 51.1 Å². The molecule has 0 saturated carbocycles. The highest BCUT2D eigenvalue weighted by Crippen LogP contribution is 2.23. The normalized spacial score (nSPS) is 15.6. The van der Waals surface area contributed by atoms with Crippen LogP contribution in [0.3, 0.4) is 0 Å². The van der Waals surface area contributed by atoms with Crippen molar-refractivity contribution in [3.63, 3.8) is 0 Å². The van der Waals surface area contributed by atoms with Gasteiger partial charge in [0.1, 0.15) is 12.4 Å². The summed E-state index contributed by atoms with van der Waals surface area (Å²) < 4.78 is 16.4. The number of pyridine rings is 1. The second kappa shape index (κ2) is 9.70. The molecule has 1 fully saturated rings. The summed E-state index contributed by atoms with van der Waals surface area (Å²) in [4.78, 5) is 6.40. The Hall–Kier alpha value is -2.25. The Morgan fingerprint density at radius 3 is 2.83 bits per heavy atom. The van der Waals surface area contributed by atoms with Gasteiger partial charge in [-0.25, -0.2) is 0 Å². The molecule has 2 heterocycles. The number of hydrogen-bond donors (Lipinski definition) is 2. The molecule has 7 heteroatoms. The number of nitrogen functional groups attached to an aromatic ring is 1. The highest BCUT2D eigenvalue weighted by atomic mass is 16.5. The lowest BCUT2D eigenvalue weighted by molar-refractivity contribution is 0.118. The molecule has 0 aromatic carbocycles. The Labute approximate surface area is 136 Å². The van der Waals surface area contributed by atoms with Crippen molar-refractivity contribution < 1.29 is 14.2 Å². The Bertz CT molecular complexity index is 528. The van der Waals surface area contributed by atoms with Gasteiger partial charge >= 0.3 is 0 Å². The third-order valence-electron chi connectivity index (χ3n) is 3.23. The first-order valence-electron chi connectivity index (χ1n) is 7.64. The molecule has 0 spiro atoms. The minimum absolute atomic E-state index is 0.416. The zero-order chi connectivity index (χ0) is 16.3. The van der Waals surface area contributed by atoms with Gasteiger partial charge in [-0.1, -0.05) is 12.2 Å². The molecule has 0 amide bonds. The smallest absolute Gasteiger partial charge is 0.217 e. The van der Waals surface area contributed by atoms with Crippen LogP contribution in [0.2, 0.25) is 0 Å². The summed E-state index contributed by atoms with van der Waals surface area (Å²) in [5.74, 6) is 0.957. The fourth-order valence-electron chi connectivity index (χ4n) is 2.14. The largest absolute Gasteiger partial charge is 0.475 e. The van der Waals surface area contributed by atoms with Crippen LogP contribution in [0.5, 0.6) is 5.88 Å². The number of aromatic nitrogens is 1. The van der Waals surface area contributed by atoms with E-state index in [-0.39, 0.29) is 0 Å². The molecule has 7 nitrogen and oxygen atoms in total. The number of rotatable bonds is 8. The van der Waals surface area contributed by atoms with Crippen molar-refractivity contribution in [2.45, 2.75) is 0 Å². The minimum Gasteiger partial charge on any atom is -0.475 e. The highest BCUT2D eigenvalue weighted by Gasteiger charge is 2.13. The first kappa shape index (κ1) is 17.1. The lowest BCUT2D eigenvalue weighted by Gasteiger charge is -2.29. The topological polar surface area (TPSA) is 95.9 Å². The molecule has 126 valence electrons. The van der Waals surface area contributed by atoms with Crippen LogP contribution in [0.1, 0.15) is 0 Å². The number of nitrogens with two attached hydrogens (primary N) is 2. The fraction of sp³-hybridized carbons (Fsp3) is 0.438. The van der Waals surface area contributed by atoms with Gasteiger partial charge < -0.3 is 30.6 Å². The summed E-state index contributed by atoms with van der Waals surface area (Å²) in [6.07, 6.45) is 6.91. The summed E-state index contributed by atoms with van der Waals surface area (Å²) in [5, 5.41) is 0. The number of hydrogen-bond acceptors (Lipinski definition) is 7. The van der Waals surface area contributed by atoms with E-state index in [9.17, 15) is 0 Å². The zero-order valence-electron chi connectivity index (χ0n) is 13.2. The summed E-state index contributed by atoms with van der Waals surface area (Å²) in [7, 11) is 0. The van der Waals surface area contributed by atoms with Crippen molar-refractivity contribution in [1.29, 1.82) is 0 Å². The van der Waals surface area contributed by atoms with Crippen LogP contribution < -0.4 is 21.1 Å². The summed E-state index contributed by atoms with van der Waals surface area (Å²) >= 11 is 0. The second-order valence-electron chi connectivity index (χ2n) is 4.92. The van der Waals surface area contributed by atoms with E-state index in [0.29, 0.717) is 31.5 Å². The van der Waals surface area contributed by atoms with Crippen molar-refractivity contribution in [2.24, 2.45) is 5.73 Å². The molecule has 23 heavy (non-hydrogen) atoms. The number of morpholine rings is 1. The average Bonchev–Trinajstić information content (AvgIpc) is 2.57. The summed E-state index contributed by atoms with van der Waals surface area (Å²) in [5.41, 5.74) is 12.1. The van der Waals surface area contributed by atoms with Gasteiger partial charge in [0.05, 0.1) is 26.4 Å². The van der Waals surface area contributed by atoms with Gasteiger partial charge in [0.25, 0.3) is 0 Å². The van der Waals surface area contributed by atoms with Gasteiger partial charge in [0.15, 0.2) is 0 Å². The maximum atomic E-state index is 5.86. The SMILES string of the molecule is N/C=C\C=C/COCCOc1cc(N2CCOCC2)cc(N)n1. The summed E-state index contributed by atoms with van der Waals surface area (Å²) in [6.45, 7) is 4.53. The van der Waals surface area contributed by atoms with E-state index < -0.39 is 0 Å². The van der Waals surface area contributed by atoms with E-state index in [2.05, 4.69) is 9.88 Å². The molecule has 1 aromatic heterocycles. The van der Waals surface area contributed by atoms with E-state index in [0.717, 1.165) is 32.0 Å². The van der Waals surface area contributed by atoms with Crippen LogP contribution in [0.15, 0.2) is 36.6 Å². The van der Waals surface area contributed by atoms with Crippen LogP contribution in [0.4, 0.5) is 11.5 Å². The highest BCUT2D eigenvalue weighted by molar-refractivity contribution is 5.55. The minimum atomic E-state index is 0.416. The molecule has 0 radical (unpaired) electrons. The first-order chi connectivity index (χ1) is 11.3. The van der Waals surface area contributed by atoms with Crippen molar-refractivity contribution in [1.82, 2.24) is 4.98 Å². The van der Waals surface area contributed by atoms with Crippen LogP contribution >= 0.6 is 0 Å². The van der Waals surface area contributed by atoms with Crippen LogP contribution in [-0.2, 0) is 9.47 Å². The third kappa shape index (κ3) is 6.17. The number of allylic oxidation sites excluding steroid dienone is 2. The van der Waals surface area contributed by atoms with Crippen molar-refractivity contribution in [3.05, 3.63) is 36.6 Å². The Balaban J connectivity index is 1.77. The monoisotopic (exact) mass is 320 g/mol. The molecule has 0 unspecified atom stereocenters. The van der Waals surface area contributed by atoms with Gasteiger partial charge in [0.2, 0.25) is 5.88 Å². The van der Waals surface area contributed by atoms with Crippen molar-refractivity contribution in [3.8, 4) is 5.88 Å². The van der Waals surface area contributed by atoms with Gasteiger partial charge in [-0.15, -0.1) is 0 Å². The number of ether oxygens (including phenoxy) is 3.